The van der Waals surface area contributed by atoms with Crippen LogP contribution in [0.25, 0.3) is 0 Å². The second kappa shape index (κ2) is 6.08. The zero-order valence-corrected chi connectivity index (χ0v) is 11.9. The zero-order valence-electron chi connectivity index (χ0n) is 9.49. The average Bonchev–Trinajstić information content (AvgIpc) is 2.70. The lowest BCUT2D eigenvalue weighted by Crippen LogP contribution is -2.09. The molecule has 0 bridgehead atoms. The number of ether oxygens (including phenoxy) is 1. The van der Waals surface area contributed by atoms with Crippen molar-refractivity contribution in [3.63, 3.8) is 0 Å². The molecule has 2 unspecified atom stereocenters. The van der Waals surface area contributed by atoms with Crippen LogP contribution in [0.5, 0.6) is 0 Å². The molecule has 3 heteroatoms. The van der Waals surface area contributed by atoms with E-state index in [0.29, 0.717) is 4.83 Å². The second-order valence-electron chi connectivity index (χ2n) is 4.18. The van der Waals surface area contributed by atoms with Crippen LogP contribution in [-0.4, -0.2) is 24.3 Å². The van der Waals surface area contributed by atoms with Crippen molar-refractivity contribution in [2.75, 3.05) is 19.5 Å². The molecule has 0 amide bonds. The van der Waals surface area contributed by atoms with E-state index in [9.17, 15) is 0 Å². The minimum Gasteiger partial charge on any atom is -0.384 e. The van der Waals surface area contributed by atoms with E-state index in [2.05, 4.69) is 40.2 Å². The molecule has 0 radical (unpaired) electrons. The Morgan fingerprint density at radius 1 is 1.50 bits per heavy atom. The molecule has 1 aliphatic rings. The fourth-order valence-electron chi connectivity index (χ4n) is 2.11. The van der Waals surface area contributed by atoms with E-state index in [4.69, 9.17) is 4.74 Å². The first-order valence-corrected chi connectivity index (χ1v) is 7.56. The summed E-state index contributed by atoms with van der Waals surface area (Å²) in [5.74, 6) is 1.98. The minimum absolute atomic E-state index is 0.496. The van der Waals surface area contributed by atoms with Crippen LogP contribution >= 0.6 is 27.7 Å². The zero-order chi connectivity index (χ0) is 11.4. The molecule has 0 saturated heterocycles. The molecule has 1 nitrogen and oxygen atoms in total. The lowest BCUT2D eigenvalue weighted by atomic mass is 9.96. The van der Waals surface area contributed by atoms with Crippen LogP contribution in [-0.2, 0) is 4.74 Å². The number of hydrogen-bond donors (Lipinski definition) is 0. The number of alkyl halides is 1. The van der Waals surface area contributed by atoms with Gasteiger partial charge in [-0.15, -0.1) is 11.8 Å². The van der Waals surface area contributed by atoms with Crippen molar-refractivity contribution >= 4 is 27.7 Å². The summed E-state index contributed by atoms with van der Waals surface area (Å²) in [6, 6.07) is 8.80. The molecule has 2 rings (SSSR count). The van der Waals surface area contributed by atoms with E-state index in [1.807, 2.05) is 11.8 Å². The Kier molecular flexibility index (Phi) is 4.74. The third kappa shape index (κ3) is 3.02. The Morgan fingerprint density at radius 2 is 2.31 bits per heavy atom. The number of rotatable bonds is 5. The van der Waals surface area contributed by atoms with Crippen molar-refractivity contribution in [3.8, 4) is 0 Å². The van der Waals surface area contributed by atoms with Crippen molar-refractivity contribution in [3.05, 3.63) is 29.8 Å². The molecule has 16 heavy (non-hydrogen) atoms. The van der Waals surface area contributed by atoms with Gasteiger partial charge in [0, 0.05) is 22.6 Å². The highest BCUT2D eigenvalue weighted by Gasteiger charge is 2.22. The van der Waals surface area contributed by atoms with Gasteiger partial charge in [0.15, 0.2) is 0 Å². The maximum atomic E-state index is 5.14. The Morgan fingerprint density at radius 3 is 3.12 bits per heavy atom. The SMILES string of the molecule is COCC(Br)CCC1CSc2ccccc21. The summed E-state index contributed by atoms with van der Waals surface area (Å²) in [6.07, 6.45) is 2.44. The van der Waals surface area contributed by atoms with Gasteiger partial charge in [-0.3, -0.25) is 0 Å². The third-order valence-corrected chi connectivity index (χ3v) is 4.95. The Balaban J connectivity index is 1.88. The fourth-order valence-corrected chi connectivity index (χ4v) is 3.95. The van der Waals surface area contributed by atoms with E-state index < -0.39 is 0 Å². The lowest BCUT2D eigenvalue weighted by Gasteiger charge is -2.13. The quantitative estimate of drug-likeness (QED) is 0.758. The van der Waals surface area contributed by atoms with E-state index in [-0.39, 0.29) is 0 Å². The van der Waals surface area contributed by atoms with Gasteiger partial charge in [0.25, 0.3) is 0 Å². The first kappa shape index (κ1) is 12.5. The molecule has 0 N–H and O–H groups in total. The summed E-state index contributed by atoms with van der Waals surface area (Å²) >= 11 is 5.65. The standard InChI is InChI=1S/C13H17BrOS/c1-15-8-11(14)7-6-10-9-16-13-5-3-2-4-12(10)13/h2-5,10-11H,6-9H2,1H3. The van der Waals surface area contributed by atoms with Crippen LogP contribution in [0.15, 0.2) is 29.2 Å². The smallest absolute Gasteiger partial charge is 0.0587 e. The van der Waals surface area contributed by atoms with Crippen LogP contribution < -0.4 is 0 Å². The van der Waals surface area contributed by atoms with Crippen LogP contribution in [0.4, 0.5) is 0 Å². The van der Waals surface area contributed by atoms with E-state index >= 15 is 0 Å². The summed E-state index contributed by atoms with van der Waals surface area (Å²) < 4.78 is 5.14. The summed E-state index contributed by atoms with van der Waals surface area (Å²) in [5, 5.41) is 0. The number of halogens is 1. The largest absolute Gasteiger partial charge is 0.384 e. The number of benzene rings is 1. The molecule has 1 aromatic carbocycles. The summed E-state index contributed by atoms with van der Waals surface area (Å²) in [5.41, 5.74) is 1.55. The molecule has 0 fully saturated rings. The molecule has 0 saturated carbocycles. The topological polar surface area (TPSA) is 9.23 Å². The molecule has 0 aromatic heterocycles. The normalized spacial score (nSPS) is 20.8. The predicted molar refractivity (Wildman–Crippen MR) is 73.7 cm³/mol. The molecule has 1 aromatic rings. The van der Waals surface area contributed by atoms with E-state index in [0.717, 1.165) is 12.5 Å². The fraction of sp³-hybridized carbons (Fsp3) is 0.538. The number of thioether (sulfide) groups is 1. The monoisotopic (exact) mass is 300 g/mol. The van der Waals surface area contributed by atoms with Gasteiger partial charge in [0.1, 0.15) is 0 Å². The van der Waals surface area contributed by atoms with Crippen molar-refractivity contribution in [2.24, 2.45) is 0 Å². The first-order chi connectivity index (χ1) is 7.81. The van der Waals surface area contributed by atoms with Crippen molar-refractivity contribution in [1.29, 1.82) is 0 Å². The molecule has 2 atom stereocenters. The highest BCUT2D eigenvalue weighted by atomic mass is 79.9. The number of fused-ring (bicyclic) bond motifs is 1. The molecular weight excluding hydrogens is 284 g/mol. The highest BCUT2D eigenvalue weighted by Crippen LogP contribution is 2.41. The molecule has 0 aliphatic carbocycles. The van der Waals surface area contributed by atoms with Crippen LogP contribution in [0, 0.1) is 0 Å². The molecule has 1 aliphatic heterocycles. The van der Waals surface area contributed by atoms with Crippen molar-refractivity contribution < 1.29 is 4.74 Å². The van der Waals surface area contributed by atoms with Crippen LogP contribution in [0.1, 0.15) is 24.3 Å². The first-order valence-electron chi connectivity index (χ1n) is 5.66. The third-order valence-electron chi connectivity index (χ3n) is 2.97. The number of hydrogen-bond acceptors (Lipinski definition) is 2. The summed E-state index contributed by atoms with van der Waals surface area (Å²) in [7, 11) is 1.76. The van der Waals surface area contributed by atoms with Crippen LogP contribution in [0.2, 0.25) is 0 Å². The highest BCUT2D eigenvalue weighted by molar-refractivity contribution is 9.09. The molecule has 88 valence electrons. The molecular formula is C13H17BrOS. The maximum absolute atomic E-state index is 5.14. The van der Waals surface area contributed by atoms with Gasteiger partial charge in [-0.05, 0) is 30.4 Å². The van der Waals surface area contributed by atoms with Gasteiger partial charge < -0.3 is 4.74 Å². The van der Waals surface area contributed by atoms with E-state index in [1.165, 1.54) is 23.5 Å². The van der Waals surface area contributed by atoms with Gasteiger partial charge in [-0.25, -0.2) is 0 Å². The Labute approximate surface area is 110 Å². The average molecular weight is 301 g/mol. The van der Waals surface area contributed by atoms with Gasteiger partial charge in [0.2, 0.25) is 0 Å². The minimum atomic E-state index is 0.496. The predicted octanol–water partition coefficient (Wildman–Crippen LogP) is 4.07. The summed E-state index contributed by atoms with van der Waals surface area (Å²) in [6.45, 7) is 0.807. The van der Waals surface area contributed by atoms with Gasteiger partial charge in [-0.2, -0.15) is 0 Å². The van der Waals surface area contributed by atoms with Crippen LogP contribution in [0.3, 0.4) is 0 Å². The summed E-state index contributed by atoms with van der Waals surface area (Å²) in [4.78, 5) is 1.97. The maximum Gasteiger partial charge on any atom is 0.0587 e. The Hall–Kier alpha value is 0.0100. The molecule has 0 spiro atoms. The lowest BCUT2D eigenvalue weighted by molar-refractivity contribution is 0.197. The van der Waals surface area contributed by atoms with Gasteiger partial charge >= 0.3 is 0 Å². The number of methoxy groups -OCH3 is 1. The van der Waals surface area contributed by atoms with Crippen molar-refractivity contribution in [2.45, 2.75) is 28.5 Å². The second-order valence-corrected chi connectivity index (χ2v) is 6.53. The Bertz CT molecular complexity index is 342. The van der Waals surface area contributed by atoms with Gasteiger partial charge in [-0.1, -0.05) is 34.1 Å². The van der Waals surface area contributed by atoms with Gasteiger partial charge in [0.05, 0.1) is 6.61 Å². The van der Waals surface area contributed by atoms with Crippen molar-refractivity contribution in [1.82, 2.24) is 0 Å². The molecule has 1 heterocycles. The van der Waals surface area contributed by atoms with E-state index in [1.54, 1.807) is 12.7 Å².